The van der Waals surface area contributed by atoms with Crippen molar-refractivity contribution in [3.8, 4) is 5.75 Å². The van der Waals surface area contributed by atoms with Crippen LogP contribution in [-0.4, -0.2) is 22.9 Å². The van der Waals surface area contributed by atoms with Gasteiger partial charge in [0.15, 0.2) is 5.11 Å². The first kappa shape index (κ1) is 19.4. The zero-order valence-electron chi connectivity index (χ0n) is 13.6. The maximum Gasteiger partial charge on any atom is 0.573 e. The largest absolute Gasteiger partial charge is 0.573 e. The van der Waals surface area contributed by atoms with Crippen LogP contribution in [-0.2, 0) is 0 Å². The summed E-state index contributed by atoms with van der Waals surface area (Å²) >= 11 is 6.76. The van der Waals surface area contributed by atoms with Crippen molar-refractivity contribution in [2.75, 3.05) is 11.1 Å². The van der Waals surface area contributed by atoms with Crippen molar-refractivity contribution >= 4 is 40.5 Å². The SMILES string of the molecule is Fc1ccc2c(c1)/C(=N/NC(=S)Nc1ccc(OC(F)(F)F)cc1)CCS2. The summed E-state index contributed by atoms with van der Waals surface area (Å²) in [6, 6.07) is 9.67. The minimum atomic E-state index is -4.74. The minimum Gasteiger partial charge on any atom is -0.406 e. The number of nitrogens with one attached hydrogen (secondary N) is 2. The Morgan fingerprint density at radius 2 is 1.89 bits per heavy atom. The van der Waals surface area contributed by atoms with Gasteiger partial charge in [0.05, 0.1) is 5.71 Å². The van der Waals surface area contributed by atoms with E-state index in [1.807, 2.05) is 0 Å². The number of hydrazone groups is 1. The lowest BCUT2D eigenvalue weighted by Crippen LogP contribution is -2.26. The Morgan fingerprint density at radius 3 is 2.59 bits per heavy atom. The molecule has 0 spiro atoms. The van der Waals surface area contributed by atoms with E-state index in [0.29, 0.717) is 17.8 Å². The van der Waals surface area contributed by atoms with Crippen molar-refractivity contribution in [3.05, 3.63) is 53.8 Å². The molecule has 1 aliphatic heterocycles. The topological polar surface area (TPSA) is 45.7 Å². The van der Waals surface area contributed by atoms with Gasteiger partial charge in [-0.3, -0.25) is 5.43 Å². The van der Waals surface area contributed by atoms with Gasteiger partial charge in [0.2, 0.25) is 0 Å². The van der Waals surface area contributed by atoms with E-state index in [9.17, 15) is 17.6 Å². The number of alkyl halides is 3. The van der Waals surface area contributed by atoms with Gasteiger partial charge in [-0.05, 0) is 54.7 Å². The summed E-state index contributed by atoms with van der Waals surface area (Å²) in [6.07, 6.45) is -4.09. The third kappa shape index (κ3) is 5.57. The van der Waals surface area contributed by atoms with E-state index in [0.717, 1.165) is 16.2 Å². The van der Waals surface area contributed by atoms with Crippen LogP contribution in [0.3, 0.4) is 0 Å². The summed E-state index contributed by atoms with van der Waals surface area (Å²) in [6.45, 7) is 0. The molecule has 142 valence electrons. The zero-order valence-corrected chi connectivity index (χ0v) is 15.3. The molecular weight excluding hydrogens is 402 g/mol. The molecule has 10 heteroatoms. The maximum atomic E-state index is 13.5. The first-order chi connectivity index (χ1) is 12.8. The third-order valence-electron chi connectivity index (χ3n) is 3.49. The first-order valence-corrected chi connectivity index (χ1v) is 9.12. The van der Waals surface area contributed by atoms with Crippen LogP contribution in [0.2, 0.25) is 0 Å². The lowest BCUT2D eigenvalue weighted by Gasteiger charge is -2.17. The quantitative estimate of drug-likeness (QED) is 0.424. The lowest BCUT2D eigenvalue weighted by atomic mass is 10.1. The van der Waals surface area contributed by atoms with Crippen LogP contribution in [0.25, 0.3) is 0 Å². The van der Waals surface area contributed by atoms with Crippen molar-refractivity contribution in [3.63, 3.8) is 0 Å². The van der Waals surface area contributed by atoms with Gasteiger partial charge in [0.1, 0.15) is 11.6 Å². The van der Waals surface area contributed by atoms with Gasteiger partial charge in [-0.2, -0.15) is 5.10 Å². The monoisotopic (exact) mass is 415 g/mol. The van der Waals surface area contributed by atoms with Crippen LogP contribution < -0.4 is 15.5 Å². The van der Waals surface area contributed by atoms with Crippen molar-refractivity contribution in [2.24, 2.45) is 5.10 Å². The third-order valence-corrected chi connectivity index (χ3v) is 4.76. The van der Waals surface area contributed by atoms with Gasteiger partial charge in [-0.25, -0.2) is 4.39 Å². The molecular formula is C17H13F4N3OS2. The van der Waals surface area contributed by atoms with E-state index in [1.54, 1.807) is 17.8 Å². The number of rotatable bonds is 3. The highest BCUT2D eigenvalue weighted by atomic mass is 32.2. The summed E-state index contributed by atoms with van der Waals surface area (Å²) in [4.78, 5) is 0.947. The molecule has 2 aromatic rings. The Morgan fingerprint density at radius 1 is 1.15 bits per heavy atom. The average molecular weight is 415 g/mol. The van der Waals surface area contributed by atoms with Gasteiger partial charge >= 0.3 is 6.36 Å². The number of ether oxygens (including phenoxy) is 1. The number of hydrogen-bond donors (Lipinski definition) is 2. The molecule has 0 aliphatic carbocycles. The number of thiocarbonyl (C=S) groups is 1. The van der Waals surface area contributed by atoms with E-state index in [2.05, 4.69) is 20.6 Å². The molecule has 1 aliphatic rings. The lowest BCUT2D eigenvalue weighted by molar-refractivity contribution is -0.274. The molecule has 2 N–H and O–H groups in total. The molecule has 0 bridgehead atoms. The molecule has 3 rings (SSSR count). The highest BCUT2D eigenvalue weighted by Crippen LogP contribution is 2.30. The predicted molar refractivity (Wildman–Crippen MR) is 101 cm³/mol. The van der Waals surface area contributed by atoms with Gasteiger partial charge in [0.25, 0.3) is 0 Å². The summed E-state index contributed by atoms with van der Waals surface area (Å²) < 4.78 is 53.7. The zero-order chi connectivity index (χ0) is 19.4. The molecule has 0 aromatic heterocycles. The molecule has 0 fully saturated rings. The second-order valence-electron chi connectivity index (χ2n) is 5.44. The van der Waals surface area contributed by atoms with E-state index in [1.165, 1.54) is 36.4 Å². The fourth-order valence-electron chi connectivity index (χ4n) is 2.38. The molecule has 4 nitrogen and oxygen atoms in total. The van der Waals surface area contributed by atoms with Crippen molar-refractivity contribution in [1.82, 2.24) is 5.43 Å². The predicted octanol–water partition coefficient (Wildman–Crippen LogP) is 4.91. The van der Waals surface area contributed by atoms with Crippen molar-refractivity contribution < 1.29 is 22.3 Å². The normalized spacial score (nSPS) is 15.2. The summed E-state index contributed by atoms with van der Waals surface area (Å²) in [5.74, 6) is 0.149. The Hall–Kier alpha value is -2.33. The molecule has 0 saturated heterocycles. The second kappa shape index (κ2) is 8.13. The number of halogens is 4. The highest BCUT2D eigenvalue weighted by molar-refractivity contribution is 7.99. The highest BCUT2D eigenvalue weighted by Gasteiger charge is 2.30. The Kier molecular flexibility index (Phi) is 5.85. The van der Waals surface area contributed by atoms with Crippen molar-refractivity contribution in [1.29, 1.82) is 0 Å². The van der Waals surface area contributed by atoms with Crippen LogP contribution in [0.1, 0.15) is 12.0 Å². The fourth-order valence-corrected chi connectivity index (χ4v) is 3.55. The molecule has 0 radical (unpaired) electrons. The number of fused-ring (bicyclic) bond motifs is 1. The molecule has 0 unspecified atom stereocenters. The van der Waals surface area contributed by atoms with E-state index in [-0.39, 0.29) is 16.7 Å². The molecule has 0 amide bonds. The van der Waals surface area contributed by atoms with Crippen LogP contribution in [0.5, 0.6) is 5.75 Å². The van der Waals surface area contributed by atoms with Crippen LogP contribution >= 0.6 is 24.0 Å². The smallest absolute Gasteiger partial charge is 0.406 e. The molecule has 2 aromatic carbocycles. The number of benzene rings is 2. The van der Waals surface area contributed by atoms with Crippen LogP contribution in [0.4, 0.5) is 23.2 Å². The van der Waals surface area contributed by atoms with E-state index >= 15 is 0 Å². The molecule has 0 atom stereocenters. The standard InChI is InChI=1S/C17H13F4N3OS2/c18-10-1-6-15-13(9-10)14(7-8-27-15)23-24-16(26)22-11-2-4-12(5-3-11)25-17(19,20)21/h1-6,9H,7-8H2,(H2,22,24,26)/b23-14+. The summed E-state index contributed by atoms with van der Waals surface area (Å²) in [5, 5.41) is 7.20. The first-order valence-electron chi connectivity index (χ1n) is 7.72. The molecule has 0 saturated carbocycles. The van der Waals surface area contributed by atoms with Crippen LogP contribution in [0, 0.1) is 5.82 Å². The van der Waals surface area contributed by atoms with E-state index in [4.69, 9.17) is 12.2 Å². The van der Waals surface area contributed by atoms with Gasteiger partial charge in [0, 0.05) is 28.3 Å². The fraction of sp³-hybridized carbons (Fsp3) is 0.176. The molecule has 1 heterocycles. The minimum absolute atomic E-state index is 0.156. The number of thioether (sulfide) groups is 1. The molecule has 27 heavy (non-hydrogen) atoms. The Balaban J connectivity index is 1.62. The Bertz CT molecular complexity index is 869. The maximum absolute atomic E-state index is 13.5. The van der Waals surface area contributed by atoms with Gasteiger partial charge in [-0.15, -0.1) is 24.9 Å². The van der Waals surface area contributed by atoms with Gasteiger partial charge < -0.3 is 10.1 Å². The average Bonchev–Trinajstić information content (AvgIpc) is 2.60. The van der Waals surface area contributed by atoms with Crippen LogP contribution in [0.15, 0.2) is 52.5 Å². The number of nitrogens with zero attached hydrogens (tertiary/aromatic N) is 1. The van der Waals surface area contributed by atoms with E-state index < -0.39 is 6.36 Å². The number of anilines is 1. The summed E-state index contributed by atoms with van der Waals surface area (Å²) in [5.41, 5.74) is 4.54. The number of hydrogen-bond acceptors (Lipinski definition) is 4. The van der Waals surface area contributed by atoms with Crippen molar-refractivity contribution in [2.45, 2.75) is 17.7 Å². The Labute approximate surface area is 162 Å². The van der Waals surface area contributed by atoms with Gasteiger partial charge in [-0.1, -0.05) is 0 Å². The second-order valence-corrected chi connectivity index (χ2v) is 6.98. The summed E-state index contributed by atoms with van der Waals surface area (Å²) in [7, 11) is 0.